The Balaban J connectivity index is 1.55. The fourth-order valence-corrected chi connectivity index (χ4v) is 4.34. The highest BCUT2D eigenvalue weighted by atomic mass is 35.5. The molecule has 0 fully saturated rings. The van der Waals surface area contributed by atoms with E-state index in [1.807, 2.05) is 42.5 Å². The van der Waals surface area contributed by atoms with Crippen molar-refractivity contribution in [2.75, 3.05) is 25.0 Å². The van der Waals surface area contributed by atoms with Crippen LogP contribution in [0.5, 0.6) is 5.75 Å². The van der Waals surface area contributed by atoms with E-state index in [2.05, 4.69) is 33.1 Å². The maximum atomic E-state index is 13.2. The van der Waals surface area contributed by atoms with Crippen molar-refractivity contribution in [3.63, 3.8) is 0 Å². The van der Waals surface area contributed by atoms with E-state index in [0.717, 1.165) is 42.7 Å². The van der Waals surface area contributed by atoms with E-state index >= 15 is 0 Å². The Bertz CT molecular complexity index is 1200. The molecule has 0 radical (unpaired) electrons. The molecule has 1 amide bonds. The van der Waals surface area contributed by atoms with Crippen molar-refractivity contribution >= 4 is 23.3 Å². The fraction of sp³-hybridized carbons (Fsp3) is 0.370. The van der Waals surface area contributed by atoms with Gasteiger partial charge in [0.15, 0.2) is 5.82 Å². The van der Waals surface area contributed by atoms with Crippen molar-refractivity contribution in [2.45, 2.75) is 44.8 Å². The molecular formula is C27H32ClN5O3. The van der Waals surface area contributed by atoms with E-state index in [-0.39, 0.29) is 29.5 Å². The van der Waals surface area contributed by atoms with Crippen LogP contribution in [0.3, 0.4) is 0 Å². The predicted octanol–water partition coefficient (Wildman–Crippen LogP) is 3.39. The van der Waals surface area contributed by atoms with Gasteiger partial charge < -0.3 is 20.7 Å². The number of aromatic nitrogens is 2. The first-order valence-electron chi connectivity index (χ1n) is 12.3. The number of benzene rings is 2. The van der Waals surface area contributed by atoms with E-state index < -0.39 is 5.56 Å². The molecule has 2 aromatic carbocycles. The minimum atomic E-state index is -0.433. The summed E-state index contributed by atoms with van der Waals surface area (Å²) < 4.78 is 7.21. The number of ether oxygens (including phenoxy) is 1. The number of rotatable bonds is 2. The predicted molar refractivity (Wildman–Crippen MR) is 142 cm³/mol. The van der Waals surface area contributed by atoms with Gasteiger partial charge in [-0.25, -0.2) is 4.98 Å². The lowest BCUT2D eigenvalue weighted by atomic mass is 10.1. The number of hydrogen-bond donors (Lipinski definition) is 3. The van der Waals surface area contributed by atoms with Crippen LogP contribution in [0.15, 0.2) is 65.6 Å². The first-order chi connectivity index (χ1) is 17.6. The standard InChI is InChI=1S/C27H32ClN5O3/c28-24-18-31-26-27(35)33(24)19-25(34)30-16-21-11-5-6-12-23(21)36-14-8-2-7-13-29-17-22(32-26)15-20-9-3-1-4-10-20/h1,3-6,9-12,18,22,29H,2,7-8,13-17,19H2,(H,30,34)(H,31,32). The third kappa shape index (κ3) is 7.32. The van der Waals surface area contributed by atoms with Crippen molar-refractivity contribution in [2.24, 2.45) is 0 Å². The lowest BCUT2D eigenvalue weighted by Crippen LogP contribution is -2.39. The smallest absolute Gasteiger partial charge is 0.294 e. The van der Waals surface area contributed by atoms with Gasteiger partial charge in [-0.15, -0.1) is 0 Å². The molecule has 190 valence electrons. The number of nitrogens with zero attached hydrogens (tertiary/aromatic N) is 2. The van der Waals surface area contributed by atoms with Gasteiger partial charge in [-0.1, -0.05) is 60.1 Å². The lowest BCUT2D eigenvalue weighted by molar-refractivity contribution is -0.121. The van der Waals surface area contributed by atoms with Gasteiger partial charge in [0.2, 0.25) is 5.91 Å². The average Bonchev–Trinajstić information content (AvgIpc) is 2.89. The molecule has 0 spiro atoms. The van der Waals surface area contributed by atoms with Crippen LogP contribution in [-0.2, 0) is 24.3 Å². The van der Waals surface area contributed by atoms with Crippen LogP contribution in [0.25, 0.3) is 0 Å². The van der Waals surface area contributed by atoms with E-state index in [1.165, 1.54) is 10.8 Å². The largest absolute Gasteiger partial charge is 0.493 e. The van der Waals surface area contributed by atoms with Crippen LogP contribution in [0, 0.1) is 0 Å². The molecule has 1 aliphatic rings. The van der Waals surface area contributed by atoms with Gasteiger partial charge in [0.25, 0.3) is 5.56 Å². The Hall–Kier alpha value is -3.36. The summed E-state index contributed by atoms with van der Waals surface area (Å²) in [5.74, 6) is 0.598. The molecule has 1 atom stereocenters. The Morgan fingerprint density at radius 3 is 2.69 bits per heavy atom. The summed E-state index contributed by atoms with van der Waals surface area (Å²) in [6.45, 7) is 2.22. The van der Waals surface area contributed by atoms with E-state index in [1.54, 1.807) is 0 Å². The van der Waals surface area contributed by atoms with E-state index in [4.69, 9.17) is 16.3 Å². The molecule has 8 nitrogen and oxygen atoms in total. The SMILES string of the molecule is O=C1Cn2c(Cl)cnc(c2=O)NC(Cc2ccccc2)CNCCCCCOc2ccccc2CN1. The maximum Gasteiger partial charge on any atom is 0.294 e. The number of nitrogens with one attached hydrogen (secondary N) is 3. The van der Waals surface area contributed by atoms with Crippen molar-refractivity contribution in [3.8, 4) is 5.75 Å². The van der Waals surface area contributed by atoms with E-state index in [0.29, 0.717) is 26.1 Å². The van der Waals surface area contributed by atoms with Gasteiger partial charge in [0, 0.05) is 24.7 Å². The Labute approximate surface area is 216 Å². The van der Waals surface area contributed by atoms with Gasteiger partial charge in [-0.3, -0.25) is 14.2 Å². The lowest BCUT2D eigenvalue weighted by Gasteiger charge is -2.21. The van der Waals surface area contributed by atoms with Crippen molar-refractivity contribution in [1.29, 1.82) is 0 Å². The molecule has 3 N–H and O–H groups in total. The second-order valence-corrected chi connectivity index (χ2v) is 9.24. The summed E-state index contributed by atoms with van der Waals surface area (Å²) in [6.07, 6.45) is 5.11. The summed E-state index contributed by atoms with van der Waals surface area (Å²) in [5.41, 5.74) is 1.60. The molecule has 1 aromatic heterocycles. The Morgan fingerprint density at radius 1 is 1.03 bits per heavy atom. The normalized spacial score (nSPS) is 17.8. The van der Waals surface area contributed by atoms with Gasteiger partial charge in [-0.05, 0) is 43.9 Å². The summed E-state index contributed by atoms with van der Waals surface area (Å²) in [7, 11) is 0. The van der Waals surface area contributed by atoms with Crippen LogP contribution >= 0.6 is 11.6 Å². The quantitative estimate of drug-likeness (QED) is 0.490. The monoisotopic (exact) mass is 509 g/mol. The first-order valence-corrected chi connectivity index (χ1v) is 12.7. The molecule has 0 saturated carbocycles. The van der Waals surface area contributed by atoms with Gasteiger partial charge in [0.1, 0.15) is 17.4 Å². The summed E-state index contributed by atoms with van der Waals surface area (Å²) in [4.78, 5) is 30.2. The number of hydrogen-bond acceptors (Lipinski definition) is 6. The number of carbonyl (C=O) groups is 1. The second kappa shape index (κ2) is 13.1. The molecule has 4 rings (SSSR count). The highest BCUT2D eigenvalue weighted by Crippen LogP contribution is 2.18. The van der Waals surface area contributed by atoms with Crippen LogP contribution in [0.4, 0.5) is 5.82 Å². The average molecular weight is 510 g/mol. The zero-order valence-corrected chi connectivity index (χ0v) is 21.0. The van der Waals surface area contributed by atoms with Gasteiger partial charge in [-0.2, -0.15) is 0 Å². The molecule has 0 saturated heterocycles. The Morgan fingerprint density at radius 2 is 1.83 bits per heavy atom. The van der Waals surface area contributed by atoms with Gasteiger partial charge in [0.05, 0.1) is 12.8 Å². The third-order valence-corrected chi connectivity index (χ3v) is 6.37. The van der Waals surface area contributed by atoms with Crippen molar-refractivity contribution < 1.29 is 9.53 Å². The molecule has 0 aliphatic carbocycles. The highest BCUT2D eigenvalue weighted by Gasteiger charge is 2.17. The minimum absolute atomic E-state index is 0.0732. The number of amides is 1. The number of fused-ring (bicyclic) bond motifs is 3. The van der Waals surface area contributed by atoms with E-state index in [9.17, 15) is 9.59 Å². The van der Waals surface area contributed by atoms with Gasteiger partial charge >= 0.3 is 0 Å². The first kappa shape index (κ1) is 25.7. The van der Waals surface area contributed by atoms with Crippen LogP contribution in [0.1, 0.15) is 30.4 Å². The number of para-hydroxylation sites is 1. The summed E-state index contributed by atoms with van der Waals surface area (Å²) >= 11 is 6.27. The Kier molecular flexibility index (Phi) is 9.35. The molecule has 3 aromatic rings. The minimum Gasteiger partial charge on any atom is -0.493 e. The molecular weight excluding hydrogens is 478 g/mol. The molecule has 1 aliphatic heterocycles. The molecule has 9 heteroatoms. The maximum absolute atomic E-state index is 13.2. The van der Waals surface area contributed by atoms with Crippen LogP contribution in [-0.4, -0.2) is 41.2 Å². The molecule has 1 unspecified atom stereocenters. The third-order valence-electron chi connectivity index (χ3n) is 6.07. The number of anilines is 1. The van der Waals surface area contributed by atoms with Crippen molar-refractivity contribution in [3.05, 3.63) is 87.4 Å². The molecule has 36 heavy (non-hydrogen) atoms. The zero-order valence-electron chi connectivity index (χ0n) is 20.2. The second-order valence-electron chi connectivity index (χ2n) is 8.85. The van der Waals surface area contributed by atoms with Crippen molar-refractivity contribution in [1.82, 2.24) is 20.2 Å². The fourth-order valence-electron chi connectivity index (χ4n) is 4.15. The van der Waals surface area contributed by atoms with Crippen LogP contribution < -0.4 is 26.2 Å². The highest BCUT2D eigenvalue weighted by molar-refractivity contribution is 6.29. The molecule has 2 heterocycles. The summed E-state index contributed by atoms with van der Waals surface area (Å²) in [6, 6.07) is 17.7. The topological polar surface area (TPSA) is 97.3 Å². The zero-order chi connectivity index (χ0) is 25.2. The summed E-state index contributed by atoms with van der Waals surface area (Å²) in [5, 5.41) is 9.76. The number of carbonyl (C=O) groups excluding carboxylic acids is 1. The van der Waals surface area contributed by atoms with Crippen LogP contribution in [0.2, 0.25) is 5.15 Å². The number of halogens is 1. The molecule has 2 bridgehead atoms.